The Morgan fingerprint density at radius 1 is 1.50 bits per heavy atom. The Morgan fingerprint density at radius 2 is 2.07 bits per heavy atom. The minimum atomic E-state index is -2.18. The van der Waals surface area contributed by atoms with Crippen LogP contribution in [0, 0.1) is 0 Å². The maximum atomic E-state index is 12.6. The molecule has 0 fully saturated rings. The van der Waals surface area contributed by atoms with E-state index in [1.54, 1.807) is 18.2 Å². The van der Waals surface area contributed by atoms with Crippen LogP contribution < -0.4 is 0 Å². The molecular formula is C10H11FO3. The van der Waals surface area contributed by atoms with Crippen LogP contribution in [0.3, 0.4) is 0 Å². The number of esters is 1. The van der Waals surface area contributed by atoms with E-state index in [0.717, 1.165) is 7.11 Å². The Morgan fingerprint density at radius 3 is 2.50 bits per heavy atom. The third-order valence-electron chi connectivity index (χ3n) is 1.97. The van der Waals surface area contributed by atoms with Gasteiger partial charge in [-0.05, 0) is 5.56 Å². The third kappa shape index (κ3) is 1.75. The first-order chi connectivity index (χ1) is 6.65. The van der Waals surface area contributed by atoms with Crippen LogP contribution in [-0.2, 0) is 15.1 Å². The number of rotatable bonds is 3. The molecule has 0 bridgehead atoms. The van der Waals surface area contributed by atoms with Crippen molar-refractivity contribution >= 4 is 5.97 Å². The van der Waals surface area contributed by atoms with Gasteiger partial charge in [0.05, 0.1) is 7.11 Å². The number of benzene rings is 1. The van der Waals surface area contributed by atoms with E-state index in [9.17, 15) is 14.3 Å². The lowest BCUT2D eigenvalue weighted by molar-refractivity contribution is -0.165. The van der Waals surface area contributed by atoms with Crippen molar-refractivity contribution in [1.82, 2.24) is 0 Å². The number of methoxy groups -OCH3 is 1. The number of ether oxygens (including phenoxy) is 1. The molecule has 0 spiro atoms. The fourth-order valence-corrected chi connectivity index (χ4v) is 1.13. The first-order valence-electron chi connectivity index (χ1n) is 4.07. The highest BCUT2D eigenvalue weighted by Gasteiger charge is 2.39. The van der Waals surface area contributed by atoms with Crippen LogP contribution in [0.2, 0.25) is 0 Å². The van der Waals surface area contributed by atoms with Crippen molar-refractivity contribution in [3.8, 4) is 0 Å². The molecule has 0 amide bonds. The van der Waals surface area contributed by atoms with Crippen molar-refractivity contribution in [3.63, 3.8) is 0 Å². The smallest absolute Gasteiger partial charge is 0.345 e. The SMILES string of the molecule is COC(=O)[C@](O)(CF)c1ccccc1. The summed E-state index contributed by atoms with van der Waals surface area (Å²) in [4.78, 5) is 11.2. The molecule has 0 saturated carbocycles. The summed E-state index contributed by atoms with van der Waals surface area (Å²) in [5, 5.41) is 9.71. The van der Waals surface area contributed by atoms with Crippen molar-refractivity contribution in [1.29, 1.82) is 0 Å². The standard InChI is InChI=1S/C10H11FO3/c1-14-9(12)10(13,7-11)8-5-3-2-4-6-8/h2-6,13H,7H2,1H3/t10-/m0/s1. The molecule has 0 aliphatic rings. The fourth-order valence-electron chi connectivity index (χ4n) is 1.13. The van der Waals surface area contributed by atoms with Crippen molar-refractivity contribution < 1.29 is 19.0 Å². The normalized spacial score (nSPS) is 14.5. The monoisotopic (exact) mass is 198 g/mol. The Kier molecular flexibility index (Phi) is 3.19. The molecule has 4 heteroatoms. The lowest BCUT2D eigenvalue weighted by atomic mass is 9.95. The van der Waals surface area contributed by atoms with Gasteiger partial charge in [0.1, 0.15) is 6.67 Å². The molecule has 1 atom stereocenters. The number of alkyl halides is 1. The highest BCUT2D eigenvalue weighted by molar-refractivity contribution is 5.81. The first-order valence-corrected chi connectivity index (χ1v) is 4.07. The predicted molar refractivity (Wildman–Crippen MR) is 48.3 cm³/mol. The summed E-state index contributed by atoms with van der Waals surface area (Å²) in [5.41, 5.74) is -2.00. The highest BCUT2D eigenvalue weighted by atomic mass is 19.1. The predicted octanol–water partition coefficient (Wildman–Crippen LogP) is 1.02. The summed E-state index contributed by atoms with van der Waals surface area (Å²) < 4.78 is 16.9. The highest BCUT2D eigenvalue weighted by Crippen LogP contribution is 2.22. The maximum absolute atomic E-state index is 12.6. The molecular weight excluding hydrogens is 187 g/mol. The number of aliphatic hydroxyl groups is 1. The van der Waals surface area contributed by atoms with Crippen LogP contribution in [0.15, 0.2) is 30.3 Å². The van der Waals surface area contributed by atoms with E-state index < -0.39 is 18.2 Å². The summed E-state index contributed by atoms with van der Waals surface area (Å²) in [6.45, 7) is -1.20. The molecule has 1 N–H and O–H groups in total. The van der Waals surface area contributed by atoms with Gasteiger partial charge in [-0.2, -0.15) is 0 Å². The summed E-state index contributed by atoms with van der Waals surface area (Å²) in [6.07, 6.45) is 0. The minimum absolute atomic E-state index is 0.189. The van der Waals surface area contributed by atoms with Crippen LogP contribution in [0.25, 0.3) is 0 Å². The van der Waals surface area contributed by atoms with Crippen molar-refractivity contribution in [2.45, 2.75) is 5.60 Å². The van der Waals surface area contributed by atoms with E-state index in [-0.39, 0.29) is 5.56 Å². The van der Waals surface area contributed by atoms with E-state index in [0.29, 0.717) is 0 Å². The van der Waals surface area contributed by atoms with Crippen LogP contribution in [0.5, 0.6) is 0 Å². The Hall–Kier alpha value is -1.42. The van der Waals surface area contributed by atoms with E-state index in [4.69, 9.17) is 0 Å². The molecule has 0 aliphatic carbocycles. The molecule has 0 aliphatic heterocycles. The van der Waals surface area contributed by atoms with Gasteiger partial charge in [-0.25, -0.2) is 9.18 Å². The zero-order chi connectivity index (χ0) is 10.6. The van der Waals surface area contributed by atoms with Crippen molar-refractivity contribution in [2.24, 2.45) is 0 Å². The second-order valence-electron chi connectivity index (χ2n) is 2.85. The molecule has 0 saturated heterocycles. The van der Waals surface area contributed by atoms with Crippen LogP contribution >= 0.6 is 0 Å². The lowest BCUT2D eigenvalue weighted by Gasteiger charge is -2.21. The maximum Gasteiger partial charge on any atom is 0.345 e. The van der Waals surface area contributed by atoms with E-state index in [2.05, 4.69) is 4.74 Å². The van der Waals surface area contributed by atoms with E-state index in [1.165, 1.54) is 12.1 Å². The van der Waals surface area contributed by atoms with Crippen LogP contribution in [-0.4, -0.2) is 24.9 Å². The molecule has 76 valence electrons. The van der Waals surface area contributed by atoms with Crippen molar-refractivity contribution in [2.75, 3.05) is 13.8 Å². The Labute approximate surface area is 81.1 Å². The van der Waals surface area contributed by atoms with Gasteiger partial charge < -0.3 is 9.84 Å². The van der Waals surface area contributed by atoms with Gasteiger partial charge in [-0.1, -0.05) is 30.3 Å². The number of halogens is 1. The topological polar surface area (TPSA) is 46.5 Å². The average Bonchev–Trinajstić information content (AvgIpc) is 2.28. The van der Waals surface area contributed by atoms with Gasteiger partial charge in [0, 0.05) is 0 Å². The third-order valence-corrected chi connectivity index (χ3v) is 1.97. The minimum Gasteiger partial charge on any atom is -0.467 e. The molecule has 0 radical (unpaired) electrons. The van der Waals surface area contributed by atoms with Crippen LogP contribution in [0.1, 0.15) is 5.56 Å². The Balaban J connectivity index is 3.08. The summed E-state index contributed by atoms with van der Waals surface area (Å²) >= 11 is 0. The molecule has 14 heavy (non-hydrogen) atoms. The zero-order valence-electron chi connectivity index (χ0n) is 7.74. The molecule has 1 aromatic carbocycles. The Bertz CT molecular complexity index is 312. The molecule has 1 aromatic rings. The molecule has 0 heterocycles. The second kappa shape index (κ2) is 4.19. The number of hydrogen-bond donors (Lipinski definition) is 1. The van der Waals surface area contributed by atoms with Gasteiger partial charge in [-0.3, -0.25) is 0 Å². The number of hydrogen-bond acceptors (Lipinski definition) is 3. The summed E-state index contributed by atoms with van der Waals surface area (Å²) in [6, 6.07) is 7.87. The van der Waals surface area contributed by atoms with Gasteiger partial charge >= 0.3 is 5.97 Å². The summed E-state index contributed by atoms with van der Waals surface area (Å²) in [5.74, 6) is -0.994. The van der Waals surface area contributed by atoms with Gasteiger partial charge in [0.2, 0.25) is 5.60 Å². The second-order valence-corrected chi connectivity index (χ2v) is 2.85. The van der Waals surface area contributed by atoms with Crippen molar-refractivity contribution in [3.05, 3.63) is 35.9 Å². The quantitative estimate of drug-likeness (QED) is 0.737. The molecule has 3 nitrogen and oxygen atoms in total. The molecule has 1 rings (SSSR count). The van der Waals surface area contributed by atoms with Crippen LogP contribution in [0.4, 0.5) is 4.39 Å². The first kappa shape index (κ1) is 10.7. The number of carbonyl (C=O) groups excluding carboxylic acids is 1. The lowest BCUT2D eigenvalue weighted by Crippen LogP contribution is -2.38. The summed E-state index contributed by atoms with van der Waals surface area (Å²) in [7, 11) is 1.10. The van der Waals surface area contributed by atoms with Gasteiger partial charge in [0.15, 0.2) is 0 Å². The van der Waals surface area contributed by atoms with Gasteiger partial charge in [-0.15, -0.1) is 0 Å². The largest absolute Gasteiger partial charge is 0.467 e. The molecule has 0 unspecified atom stereocenters. The molecule has 0 aromatic heterocycles. The zero-order valence-corrected chi connectivity index (χ0v) is 7.74. The average molecular weight is 198 g/mol. The fraction of sp³-hybridized carbons (Fsp3) is 0.300. The van der Waals surface area contributed by atoms with E-state index in [1.807, 2.05) is 0 Å². The van der Waals surface area contributed by atoms with E-state index >= 15 is 0 Å². The number of carbonyl (C=O) groups is 1. The van der Waals surface area contributed by atoms with Gasteiger partial charge in [0.25, 0.3) is 0 Å².